The van der Waals surface area contributed by atoms with Gasteiger partial charge in [0.15, 0.2) is 0 Å². The summed E-state index contributed by atoms with van der Waals surface area (Å²) in [5.41, 5.74) is 0.283. The monoisotopic (exact) mass is 299 g/mol. The van der Waals surface area contributed by atoms with Crippen molar-refractivity contribution in [3.05, 3.63) is 0 Å². The number of halogens is 3. The van der Waals surface area contributed by atoms with Gasteiger partial charge in [-0.3, -0.25) is 4.79 Å². The number of carboxylic acid groups (broad SMARTS) is 2. The third kappa shape index (κ3) is 7.98. The normalized spacial score (nSPS) is 22.9. The molecule has 1 aliphatic rings. The molecular weight excluding hydrogens is 279 g/mol. The number of hydrogen-bond donors (Lipinski definition) is 3. The largest absolute Gasteiger partial charge is 0.490 e. The number of alkyl halides is 3. The Kier molecular flexibility index (Phi) is 6.46. The van der Waals surface area contributed by atoms with Gasteiger partial charge in [0.05, 0.1) is 0 Å². The molecule has 0 aromatic heterocycles. The molecule has 1 saturated heterocycles. The van der Waals surface area contributed by atoms with Crippen molar-refractivity contribution in [3.63, 3.8) is 0 Å². The van der Waals surface area contributed by atoms with E-state index in [0.29, 0.717) is 6.04 Å². The van der Waals surface area contributed by atoms with E-state index in [-0.39, 0.29) is 11.5 Å². The van der Waals surface area contributed by atoms with Crippen molar-refractivity contribution in [3.8, 4) is 0 Å². The quantitative estimate of drug-likeness (QED) is 0.728. The van der Waals surface area contributed by atoms with Crippen LogP contribution in [0.5, 0.6) is 0 Å². The van der Waals surface area contributed by atoms with Gasteiger partial charge in [0.25, 0.3) is 0 Å². The van der Waals surface area contributed by atoms with Crippen molar-refractivity contribution >= 4 is 11.9 Å². The van der Waals surface area contributed by atoms with E-state index >= 15 is 0 Å². The Morgan fingerprint density at radius 2 is 1.60 bits per heavy atom. The molecular formula is C12H20F3NO4. The standard InChI is InChI=1S/C10H19NO2.C2HF3O2/c1-10(2,3)6-7-4-5-8(11-7)9(12)13;3-2(4,5)1(6)7/h7-8,11H,4-6H2,1-3H3,(H,12,13);(H,6,7). The van der Waals surface area contributed by atoms with Crippen molar-refractivity contribution in [2.24, 2.45) is 5.41 Å². The first-order chi connectivity index (χ1) is 8.83. The van der Waals surface area contributed by atoms with Crippen LogP contribution in [-0.2, 0) is 9.59 Å². The minimum Gasteiger partial charge on any atom is -0.480 e. The van der Waals surface area contributed by atoms with E-state index in [1.54, 1.807) is 0 Å². The summed E-state index contributed by atoms with van der Waals surface area (Å²) in [6.45, 7) is 6.55. The summed E-state index contributed by atoms with van der Waals surface area (Å²) in [6.07, 6.45) is -2.26. The van der Waals surface area contributed by atoms with E-state index in [1.165, 1.54) is 0 Å². The summed E-state index contributed by atoms with van der Waals surface area (Å²) < 4.78 is 31.7. The number of hydrogen-bond acceptors (Lipinski definition) is 3. The van der Waals surface area contributed by atoms with Gasteiger partial charge in [-0.2, -0.15) is 13.2 Å². The first-order valence-corrected chi connectivity index (χ1v) is 6.12. The number of rotatable bonds is 2. The third-order valence-corrected chi connectivity index (χ3v) is 2.64. The zero-order valence-electron chi connectivity index (χ0n) is 11.6. The topological polar surface area (TPSA) is 86.6 Å². The van der Waals surface area contributed by atoms with Crippen LogP contribution in [0, 0.1) is 5.41 Å². The van der Waals surface area contributed by atoms with Crippen LogP contribution in [0.1, 0.15) is 40.0 Å². The lowest BCUT2D eigenvalue weighted by atomic mass is 9.88. The summed E-state index contributed by atoms with van der Waals surface area (Å²) in [5, 5.41) is 19.0. The van der Waals surface area contributed by atoms with Gasteiger partial charge < -0.3 is 15.5 Å². The molecule has 0 aliphatic carbocycles. The van der Waals surface area contributed by atoms with Gasteiger partial charge in [-0.1, -0.05) is 20.8 Å². The molecule has 2 unspecified atom stereocenters. The zero-order valence-corrected chi connectivity index (χ0v) is 11.6. The smallest absolute Gasteiger partial charge is 0.480 e. The fourth-order valence-electron chi connectivity index (χ4n) is 1.91. The summed E-state index contributed by atoms with van der Waals surface area (Å²) in [7, 11) is 0. The maximum atomic E-state index is 10.7. The Labute approximate surface area is 115 Å². The lowest BCUT2D eigenvalue weighted by molar-refractivity contribution is -0.192. The van der Waals surface area contributed by atoms with Crippen LogP contribution in [-0.4, -0.2) is 40.4 Å². The van der Waals surface area contributed by atoms with Gasteiger partial charge in [0.2, 0.25) is 0 Å². The van der Waals surface area contributed by atoms with Gasteiger partial charge in [0, 0.05) is 6.04 Å². The third-order valence-electron chi connectivity index (χ3n) is 2.64. The highest BCUT2D eigenvalue weighted by Gasteiger charge is 2.38. The highest BCUT2D eigenvalue weighted by molar-refractivity contribution is 5.74. The molecule has 1 fully saturated rings. The Balaban J connectivity index is 0.000000441. The van der Waals surface area contributed by atoms with Crippen LogP contribution >= 0.6 is 0 Å². The van der Waals surface area contributed by atoms with E-state index in [0.717, 1.165) is 19.3 Å². The first-order valence-electron chi connectivity index (χ1n) is 6.12. The average molecular weight is 299 g/mol. The second kappa shape index (κ2) is 6.92. The fraction of sp³-hybridized carbons (Fsp3) is 0.833. The molecule has 0 radical (unpaired) electrons. The average Bonchev–Trinajstić information content (AvgIpc) is 2.62. The molecule has 0 spiro atoms. The summed E-state index contributed by atoms with van der Waals surface area (Å²) >= 11 is 0. The maximum absolute atomic E-state index is 10.7. The van der Waals surface area contributed by atoms with Crippen LogP contribution in [0.25, 0.3) is 0 Å². The molecule has 0 saturated carbocycles. The highest BCUT2D eigenvalue weighted by Crippen LogP contribution is 2.26. The Morgan fingerprint density at radius 1 is 1.15 bits per heavy atom. The van der Waals surface area contributed by atoms with E-state index in [9.17, 15) is 18.0 Å². The molecule has 0 amide bonds. The molecule has 1 aliphatic heterocycles. The summed E-state index contributed by atoms with van der Waals surface area (Å²) in [6, 6.07) is 0.0773. The van der Waals surface area contributed by atoms with Gasteiger partial charge >= 0.3 is 18.1 Å². The van der Waals surface area contributed by atoms with Crippen LogP contribution in [0.3, 0.4) is 0 Å². The van der Waals surface area contributed by atoms with Gasteiger partial charge in [-0.15, -0.1) is 0 Å². The molecule has 2 atom stereocenters. The van der Waals surface area contributed by atoms with Crippen molar-refractivity contribution in [1.82, 2.24) is 5.32 Å². The number of carbonyl (C=O) groups is 2. The van der Waals surface area contributed by atoms with E-state index in [4.69, 9.17) is 15.0 Å². The highest BCUT2D eigenvalue weighted by atomic mass is 19.4. The molecule has 8 heteroatoms. The minimum atomic E-state index is -5.08. The molecule has 5 nitrogen and oxygen atoms in total. The predicted molar refractivity (Wildman–Crippen MR) is 65.3 cm³/mol. The van der Waals surface area contributed by atoms with Crippen molar-refractivity contribution < 1.29 is 33.0 Å². The number of nitrogens with one attached hydrogen (secondary N) is 1. The van der Waals surface area contributed by atoms with Crippen molar-refractivity contribution in [2.75, 3.05) is 0 Å². The second-order valence-electron chi connectivity index (χ2n) is 5.90. The predicted octanol–water partition coefficient (Wildman–Crippen LogP) is 2.26. The van der Waals surface area contributed by atoms with Gasteiger partial charge in [0.1, 0.15) is 6.04 Å². The number of carboxylic acids is 2. The molecule has 0 aromatic carbocycles. The van der Waals surface area contributed by atoms with Crippen molar-refractivity contribution in [1.29, 1.82) is 0 Å². The van der Waals surface area contributed by atoms with Crippen molar-refractivity contribution in [2.45, 2.75) is 58.3 Å². The Bertz CT molecular complexity index is 350. The lowest BCUT2D eigenvalue weighted by Crippen LogP contribution is -2.36. The summed E-state index contributed by atoms with van der Waals surface area (Å²) in [4.78, 5) is 19.5. The lowest BCUT2D eigenvalue weighted by Gasteiger charge is -2.23. The second-order valence-corrected chi connectivity index (χ2v) is 5.90. The minimum absolute atomic E-state index is 0.283. The van der Waals surface area contributed by atoms with Crippen LogP contribution in [0.15, 0.2) is 0 Å². The van der Waals surface area contributed by atoms with Crippen LogP contribution < -0.4 is 5.32 Å². The molecule has 118 valence electrons. The molecule has 0 bridgehead atoms. The van der Waals surface area contributed by atoms with E-state index in [2.05, 4.69) is 26.1 Å². The molecule has 0 aromatic rings. The van der Waals surface area contributed by atoms with Crippen LogP contribution in [0.2, 0.25) is 0 Å². The zero-order chi connectivity index (χ0) is 16.1. The summed E-state index contributed by atoms with van der Waals surface area (Å²) in [5.74, 6) is -3.47. The van der Waals surface area contributed by atoms with E-state index in [1.807, 2.05) is 0 Å². The molecule has 20 heavy (non-hydrogen) atoms. The fourth-order valence-corrected chi connectivity index (χ4v) is 1.91. The SMILES string of the molecule is CC(C)(C)CC1CCC(C(=O)O)N1.O=C(O)C(F)(F)F. The van der Waals surface area contributed by atoms with Gasteiger partial charge in [-0.05, 0) is 24.7 Å². The Hall–Kier alpha value is -1.31. The van der Waals surface area contributed by atoms with E-state index < -0.39 is 18.1 Å². The number of aliphatic carboxylic acids is 2. The van der Waals surface area contributed by atoms with Crippen LogP contribution in [0.4, 0.5) is 13.2 Å². The molecule has 1 heterocycles. The molecule has 3 N–H and O–H groups in total. The first kappa shape index (κ1) is 18.7. The van der Waals surface area contributed by atoms with Gasteiger partial charge in [-0.25, -0.2) is 4.79 Å². The molecule has 1 rings (SSSR count). The Morgan fingerprint density at radius 3 is 1.85 bits per heavy atom. The maximum Gasteiger partial charge on any atom is 0.490 e.